The molecule has 0 fully saturated rings. The van der Waals surface area contributed by atoms with E-state index in [4.69, 9.17) is 11.6 Å². The quantitative estimate of drug-likeness (QED) is 0.449. The fraction of sp³-hybridized carbons (Fsp3) is 0.0476. The van der Waals surface area contributed by atoms with Gasteiger partial charge in [0.05, 0.1) is 11.6 Å². The average molecular weight is 379 g/mol. The normalized spacial score (nSPS) is 10.8. The molecule has 0 unspecified atom stereocenters. The number of hydrogen-bond donors (Lipinski definition) is 0. The molecule has 0 aliphatic heterocycles. The molecule has 0 bridgehead atoms. The third-order valence-corrected chi connectivity index (χ3v) is 5.75. The first kappa shape index (κ1) is 16.8. The van der Waals surface area contributed by atoms with Gasteiger partial charge < -0.3 is 0 Å². The fourth-order valence-electron chi connectivity index (χ4n) is 2.81. The lowest BCUT2D eigenvalue weighted by atomic mass is 10.2. The molecule has 0 saturated carbocycles. The van der Waals surface area contributed by atoms with Crippen LogP contribution in [0.3, 0.4) is 0 Å². The predicted octanol–water partition coefficient (Wildman–Crippen LogP) is 5.80. The Balaban J connectivity index is 1.77. The van der Waals surface area contributed by atoms with Gasteiger partial charge in [-0.1, -0.05) is 66.2 Å². The molecule has 0 atom stereocenters. The van der Waals surface area contributed by atoms with E-state index in [0.29, 0.717) is 22.3 Å². The Bertz CT molecular complexity index is 1050. The molecule has 0 radical (unpaired) electrons. The Morgan fingerprint density at radius 2 is 1.69 bits per heavy atom. The van der Waals surface area contributed by atoms with Crippen molar-refractivity contribution in [1.82, 2.24) is 4.98 Å². The van der Waals surface area contributed by atoms with E-state index in [2.05, 4.69) is 4.98 Å². The molecule has 0 aliphatic rings. The van der Waals surface area contributed by atoms with Gasteiger partial charge in [-0.2, -0.15) is 0 Å². The molecule has 3 nitrogen and oxygen atoms in total. The van der Waals surface area contributed by atoms with Crippen molar-refractivity contribution in [2.45, 2.75) is 6.54 Å². The molecule has 1 amide bonds. The smallest absolute Gasteiger partial charge is 0.271 e. The van der Waals surface area contributed by atoms with Crippen LogP contribution in [-0.4, -0.2) is 10.9 Å². The van der Waals surface area contributed by atoms with Crippen LogP contribution in [0.2, 0.25) is 5.02 Å². The number of halogens is 1. The Labute approximate surface area is 160 Å². The fourth-order valence-corrected chi connectivity index (χ4v) is 4.27. The standard InChI is InChI=1S/C21H15ClN2OS/c22-19-16-10-4-5-11-17(16)26-20(19)21(25)24(18-12-6-7-13-23-18)14-15-8-2-1-3-9-15/h1-13H,14H2. The van der Waals surface area contributed by atoms with Gasteiger partial charge in [0.15, 0.2) is 0 Å². The van der Waals surface area contributed by atoms with Gasteiger partial charge in [0.2, 0.25) is 0 Å². The molecule has 0 saturated heterocycles. The molecule has 0 aliphatic carbocycles. The number of fused-ring (bicyclic) bond motifs is 1. The van der Waals surface area contributed by atoms with Crippen molar-refractivity contribution < 1.29 is 4.79 Å². The third-order valence-electron chi connectivity index (χ3n) is 4.08. The van der Waals surface area contributed by atoms with Crippen LogP contribution in [0.1, 0.15) is 15.2 Å². The van der Waals surface area contributed by atoms with E-state index in [1.54, 1.807) is 11.1 Å². The Hall–Kier alpha value is -2.69. The van der Waals surface area contributed by atoms with Crippen molar-refractivity contribution >= 4 is 44.7 Å². The van der Waals surface area contributed by atoms with E-state index in [0.717, 1.165) is 15.6 Å². The van der Waals surface area contributed by atoms with Gasteiger partial charge in [-0.05, 0) is 23.8 Å². The molecule has 5 heteroatoms. The van der Waals surface area contributed by atoms with Gasteiger partial charge in [-0.15, -0.1) is 11.3 Å². The largest absolute Gasteiger partial charge is 0.287 e. The van der Waals surface area contributed by atoms with Crippen molar-refractivity contribution in [3.8, 4) is 0 Å². The highest BCUT2D eigenvalue weighted by Gasteiger charge is 2.24. The SMILES string of the molecule is O=C(c1sc2ccccc2c1Cl)N(Cc1ccccc1)c1ccccn1. The maximum atomic E-state index is 13.4. The topological polar surface area (TPSA) is 33.2 Å². The lowest BCUT2D eigenvalue weighted by Crippen LogP contribution is -2.30. The summed E-state index contributed by atoms with van der Waals surface area (Å²) < 4.78 is 1.00. The van der Waals surface area contributed by atoms with Gasteiger partial charge >= 0.3 is 0 Å². The number of aromatic nitrogens is 1. The minimum absolute atomic E-state index is 0.140. The molecular formula is C21H15ClN2OS. The van der Waals surface area contributed by atoms with E-state index in [-0.39, 0.29) is 5.91 Å². The summed E-state index contributed by atoms with van der Waals surface area (Å²) in [5.74, 6) is 0.466. The third kappa shape index (κ3) is 3.21. The van der Waals surface area contributed by atoms with Crippen LogP contribution in [0.25, 0.3) is 10.1 Å². The van der Waals surface area contributed by atoms with Crippen molar-refractivity contribution in [2.24, 2.45) is 0 Å². The second kappa shape index (κ2) is 7.28. The first-order chi connectivity index (χ1) is 12.7. The second-order valence-electron chi connectivity index (χ2n) is 5.81. The van der Waals surface area contributed by atoms with E-state index in [1.165, 1.54) is 11.3 Å². The van der Waals surface area contributed by atoms with Crippen LogP contribution in [0.4, 0.5) is 5.82 Å². The number of rotatable bonds is 4. The minimum atomic E-state index is -0.140. The zero-order valence-electron chi connectivity index (χ0n) is 13.8. The zero-order valence-corrected chi connectivity index (χ0v) is 15.4. The first-order valence-corrected chi connectivity index (χ1v) is 9.37. The molecular weight excluding hydrogens is 364 g/mol. The highest BCUT2D eigenvalue weighted by atomic mass is 35.5. The summed E-state index contributed by atoms with van der Waals surface area (Å²) in [4.78, 5) is 19.9. The number of pyridine rings is 1. The van der Waals surface area contributed by atoms with E-state index in [9.17, 15) is 4.79 Å². The number of carbonyl (C=O) groups is 1. The van der Waals surface area contributed by atoms with Crippen LogP contribution < -0.4 is 4.90 Å². The zero-order chi connectivity index (χ0) is 17.9. The maximum Gasteiger partial charge on any atom is 0.271 e. The number of anilines is 1. The highest BCUT2D eigenvalue weighted by Crippen LogP contribution is 2.36. The Kier molecular flexibility index (Phi) is 4.69. The number of amides is 1. The van der Waals surface area contributed by atoms with Crippen molar-refractivity contribution in [3.63, 3.8) is 0 Å². The lowest BCUT2D eigenvalue weighted by Gasteiger charge is -2.21. The van der Waals surface area contributed by atoms with Gasteiger partial charge in [-0.25, -0.2) is 4.98 Å². The number of thiophene rings is 1. The van der Waals surface area contributed by atoms with Crippen LogP contribution in [0, 0.1) is 0 Å². The molecule has 26 heavy (non-hydrogen) atoms. The summed E-state index contributed by atoms with van der Waals surface area (Å²) in [5.41, 5.74) is 1.03. The van der Waals surface area contributed by atoms with Crippen LogP contribution in [-0.2, 0) is 6.54 Å². The van der Waals surface area contributed by atoms with Gasteiger partial charge in [0, 0.05) is 16.3 Å². The van der Waals surface area contributed by atoms with Crippen molar-refractivity contribution in [1.29, 1.82) is 0 Å². The molecule has 4 aromatic rings. The number of hydrogen-bond acceptors (Lipinski definition) is 3. The molecule has 4 rings (SSSR count). The van der Waals surface area contributed by atoms with E-state index < -0.39 is 0 Å². The average Bonchev–Trinajstić information content (AvgIpc) is 3.04. The van der Waals surface area contributed by atoms with Crippen LogP contribution in [0.5, 0.6) is 0 Å². The summed E-state index contributed by atoms with van der Waals surface area (Å²) >= 11 is 7.94. The highest BCUT2D eigenvalue weighted by molar-refractivity contribution is 7.21. The molecule has 2 heterocycles. The summed E-state index contributed by atoms with van der Waals surface area (Å²) in [6, 6.07) is 23.2. The Morgan fingerprint density at radius 1 is 0.962 bits per heavy atom. The number of benzene rings is 2. The van der Waals surface area contributed by atoms with E-state index >= 15 is 0 Å². The summed E-state index contributed by atoms with van der Waals surface area (Å²) in [6.07, 6.45) is 1.69. The predicted molar refractivity (Wildman–Crippen MR) is 108 cm³/mol. The minimum Gasteiger partial charge on any atom is -0.287 e. The second-order valence-corrected chi connectivity index (χ2v) is 7.24. The molecule has 0 N–H and O–H groups in total. The van der Waals surface area contributed by atoms with Crippen molar-refractivity contribution in [3.05, 3.63) is 94.5 Å². The monoisotopic (exact) mass is 378 g/mol. The van der Waals surface area contributed by atoms with Crippen LogP contribution >= 0.6 is 22.9 Å². The first-order valence-electron chi connectivity index (χ1n) is 8.18. The number of nitrogens with zero attached hydrogens (tertiary/aromatic N) is 2. The molecule has 2 aromatic heterocycles. The molecule has 128 valence electrons. The summed E-state index contributed by atoms with van der Waals surface area (Å²) in [6.45, 7) is 0.432. The van der Waals surface area contributed by atoms with Gasteiger partial charge in [0.25, 0.3) is 5.91 Å². The van der Waals surface area contributed by atoms with Gasteiger partial charge in [-0.3, -0.25) is 9.69 Å². The number of carbonyl (C=O) groups excluding carboxylic acids is 1. The van der Waals surface area contributed by atoms with Crippen LogP contribution in [0.15, 0.2) is 79.0 Å². The molecule has 2 aromatic carbocycles. The molecule has 0 spiro atoms. The Morgan fingerprint density at radius 3 is 2.42 bits per heavy atom. The van der Waals surface area contributed by atoms with Crippen molar-refractivity contribution in [2.75, 3.05) is 4.90 Å². The summed E-state index contributed by atoms with van der Waals surface area (Å²) in [5, 5.41) is 1.41. The summed E-state index contributed by atoms with van der Waals surface area (Å²) in [7, 11) is 0. The van der Waals surface area contributed by atoms with Gasteiger partial charge in [0.1, 0.15) is 10.7 Å². The lowest BCUT2D eigenvalue weighted by molar-refractivity contribution is 0.0988. The maximum absolute atomic E-state index is 13.4. The van der Waals surface area contributed by atoms with E-state index in [1.807, 2.05) is 72.8 Å².